The summed E-state index contributed by atoms with van der Waals surface area (Å²) in [5.41, 5.74) is 1.66. The molecule has 3 heterocycles. The number of pyridine rings is 1. The van der Waals surface area contributed by atoms with Crippen molar-refractivity contribution in [1.29, 1.82) is 0 Å². The second-order valence-corrected chi connectivity index (χ2v) is 7.59. The van der Waals surface area contributed by atoms with E-state index in [2.05, 4.69) is 30.6 Å². The van der Waals surface area contributed by atoms with Crippen molar-refractivity contribution in [1.82, 2.24) is 19.9 Å². The molecule has 158 valence electrons. The molecule has 11 heteroatoms. The molecule has 1 amide bonds. The van der Waals surface area contributed by atoms with Gasteiger partial charge in [0.15, 0.2) is 5.75 Å². The highest BCUT2D eigenvalue weighted by Gasteiger charge is 2.29. The zero-order chi connectivity index (χ0) is 21.9. The Morgan fingerprint density at radius 3 is 2.57 bits per heavy atom. The molecule has 8 nitrogen and oxygen atoms in total. The normalized spacial score (nSPS) is 11.3. The lowest BCUT2D eigenvalue weighted by Gasteiger charge is -2.15. The lowest BCUT2D eigenvalue weighted by atomic mass is 10.3. The van der Waals surface area contributed by atoms with E-state index >= 15 is 0 Å². The Balaban J connectivity index is 1.92. The first-order valence-corrected chi connectivity index (χ1v) is 9.80. The molecule has 0 radical (unpaired) electrons. The zero-order valence-corrected chi connectivity index (χ0v) is 17.6. The number of rotatable bonds is 7. The third-order valence-electron chi connectivity index (χ3n) is 3.70. The third kappa shape index (κ3) is 5.66. The number of hydrogen-bond donors (Lipinski definition) is 2. The van der Waals surface area contributed by atoms with Gasteiger partial charge in [-0.3, -0.25) is 4.79 Å². The molecule has 0 fully saturated rings. The summed E-state index contributed by atoms with van der Waals surface area (Å²) in [6, 6.07) is 3.06. The Morgan fingerprint density at radius 1 is 1.17 bits per heavy atom. The van der Waals surface area contributed by atoms with Crippen LogP contribution in [0.3, 0.4) is 0 Å². The molecule has 0 spiro atoms. The maximum absolute atomic E-state index is 13.7. The zero-order valence-electron chi connectivity index (χ0n) is 16.8. The van der Waals surface area contributed by atoms with Crippen LogP contribution in [0.4, 0.5) is 26.1 Å². The SMILES string of the molecule is CC(=O)Nc1cc(Nc2cc(C)nc(C(C)(F)F)n2)c(OCc2nc(C)cs2)cn1. The molecule has 0 aromatic carbocycles. The molecule has 30 heavy (non-hydrogen) atoms. The molecule has 0 saturated carbocycles. The number of amides is 1. The Kier molecular flexibility index (Phi) is 6.20. The Hall–Kier alpha value is -3.21. The maximum atomic E-state index is 13.7. The van der Waals surface area contributed by atoms with Crippen LogP contribution in [0.2, 0.25) is 0 Å². The van der Waals surface area contributed by atoms with E-state index < -0.39 is 11.7 Å². The van der Waals surface area contributed by atoms with Gasteiger partial charge in [-0.25, -0.2) is 19.9 Å². The van der Waals surface area contributed by atoms with Crippen molar-refractivity contribution >= 4 is 34.6 Å². The second-order valence-electron chi connectivity index (χ2n) is 6.65. The first-order valence-electron chi connectivity index (χ1n) is 8.92. The van der Waals surface area contributed by atoms with Gasteiger partial charge < -0.3 is 15.4 Å². The van der Waals surface area contributed by atoms with Gasteiger partial charge in [0.1, 0.15) is 23.3 Å². The van der Waals surface area contributed by atoms with Gasteiger partial charge in [0.25, 0.3) is 0 Å². The quantitative estimate of drug-likeness (QED) is 0.570. The van der Waals surface area contributed by atoms with Gasteiger partial charge in [-0.05, 0) is 13.8 Å². The summed E-state index contributed by atoms with van der Waals surface area (Å²) in [6.45, 7) is 5.77. The van der Waals surface area contributed by atoms with Crippen LogP contribution in [-0.4, -0.2) is 25.8 Å². The molecule has 0 atom stereocenters. The first-order chi connectivity index (χ1) is 14.1. The number of alkyl halides is 2. The minimum atomic E-state index is -3.19. The van der Waals surface area contributed by atoms with Crippen molar-refractivity contribution < 1.29 is 18.3 Å². The number of thiazole rings is 1. The Labute approximate surface area is 175 Å². The lowest BCUT2D eigenvalue weighted by Crippen LogP contribution is -2.14. The highest BCUT2D eigenvalue weighted by Crippen LogP contribution is 2.31. The number of carbonyl (C=O) groups excluding carboxylic acids is 1. The number of nitrogens with one attached hydrogen (secondary N) is 2. The van der Waals surface area contributed by atoms with E-state index in [9.17, 15) is 13.6 Å². The minimum absolute atomic E-state index is 0.161. The number of hydrogen-bond acceptors (Lipinski definition) is 8. The standard InChI is InChI=1S/C19H20F2N6O2S/c1-10-5-16(27-18(24-10)19(4,20)21)26-13-6-15(25-12(3)28)22-7-14(13)29-8-17-23-11(2)9-30-17/h5-7,9H,8H2,1-4H3,(H2,22,24,25,26,27,28). The Morgan fingerprint density at radius 2 is 1.93 bits per heavy atom. The number of ether oxygens (including phenoxy) is 1. The lowest BCUT2D eigenvalue weighted by molar-refractivity contribution is -0.114. The molecule has 3 aromatic heterocycles. The van der Waals surface area contributed by atoms with Gasteiger partial charge in [-0.1, -0.05) is 0 Å². The van der Waals surface area contributed by atoms with Gasteiger partial charge in [-0.2, -0.15) is 8.78 Å². The van der Waals surface area contributed by atoms with Crippen LogP contribution < -0.4 is 15.4 Å². The first kappa shape index (κ1) is 21.5. The van der Waals surface area contributed by atoms with Crippen molar-refractivity contribution in [2.24, 2.45) is 0 Å². The van der Waals surface area contributed by atoms with E-state index in [4.69, 9.17) is 4.74 Å². The third-order valence-corrected chi connectivity index (χ3v) is 4.64. The smallest absolute Gasteiger partial charge is 0.303 e. The van der Waals surface area contributed by atoms with E-state index in [0.717, 1.165) is 17.6 Å². The van der Waals surface area contributed by atoms with Gasteiger partial charge >= 0.3 is 5.92 Å². The summed E-state index contributed by atoms with van der Waals surface area (Å²) >= 11 is 1.46. The van der Waals surface area contributed by atoms with Gasteiger partial charge in [-0.15, -0.1) is 11.3 Å². The second kappa shape index (κ2) is 8.66. The van der Waals surface area contributed by atoms with Gasteiger partial charge in [0.05, 0.1) is 11.9 Å². The number of aromatic nitrogens is 4. The highest BCUT2D eigenvalue weighted by atomic mass is 32.1. The van der Waals surface area contributed by atoms with E-state index in [1.807, 2.05) is 12.3 Å². The summed E-state index contributed by atoms with van der Waals surface area (Å²) in [6.07, 6.45) is 1.43. The van der Waals surface area contributed by atoms with Crippen molar-refractivity contribution in [2.75, 3.05) is 10.6 Å². The topological polar surface area (TPSA) is 102 Å². The van der Waals surface area contributed by atoms with Crippen LogP contribution in [0.15, 0.2) is 23.7 Å². The molecule has 0 aliphatic heterocycles. The molecule has 0 unspecified atom stereocenters. The molecule has 2 N–H and O–H groups in total. The van der Waals surface area contributed by atoms with Crippen LogP contribution >= 0.6 is 11.3 Å². The summed E-state index contributed by atoms with van der Waals surface area (Å²) < 4.78 is 33.2. The van der Waals surface area contributed by atoms with E-state index in [1.54, 1.807) is 6.92 Å². The average molecular weight is 434 g/mol. The number of nitrogens with zero attached hydrogens (tertiary/aromatic N) is 4. The van der Waals surface area contributed by atoms with E-state index in [0.29, 0.717) is 17.1 Å². The molecule has 0 aliphatic rings. The summed E-state index contributed by atoms with van der Waals surface area (Å²) in [5, 5.41) is 8.22. The summed E-state index contributed by atoms with van der Waals surface area (Å²) in [4.78, 5) is 27.6. The van der Waals surface area contributed by atoms with Crippen molar-refractivity contribution in [2.45, 2.75) is 40.2 Å². The van der Waals surface area contributed by atoms with Crippen LogP contribution in [0.25, 0.3) is 0 Å². The minimum Gasteiger partial charge on any atom is -0.483 e. The molecule has 0 bridgehead atoms. The average Bonchev–Trinajstić information content (AvgIpc) is 3.04. The molecule has 0 aliphatic carbocycles. The number of halogens is 2. The fourth-order valence-electron chi connectivity index (χ4n) is 2.48. The highest BCUT2D eigenvalue weighted by molar-refractivity contribution is 7.09. The van der Waals surface area contributed by atoms with E-state index in [1.165, 1.54) is 36.6 Å². The Bertz CT molecular complexity index is 1070. The molecule has 0 saturated heterocycles. The monoisotopic (exact) mass is 434 g/mol. The van der Waals surface area contributed by atoms with Crippen LogP contribution in [0, 0.1) is 13.8 Å². The van der Waals surface area contributed by atoms with Crippen molar-refractivity contribution in [3.05, 3.63) is 45.9 Å². The largest absolute Gasteiger partial charge is 0.483 e. The maximum Gasteiger partial charge on any atom is 0.303 e. The van der Waals surface area contributed by atoms with Crippen molar-refractivity contribution in [3.8, 4) is 5.75 Å². The van der Waals surface area contributed by atoms with Crippen molar-refractivity contribution in [3.63, 3.8) is 0 Å². The predicted molar refractivity (Wildman–Crippen MR) is 109 cm³/mol. The van der Waals surface area contributed by atoms with Crippen LogP contribution in [0.1, 0.15) is 36.1 Å². The van der Waals surface area contributed by atoms with Gasteiger partial charge in [0, 0.05) is 42.7 Å². The number of aryl methyl sites for hydroxylation is 2. The predicted octanol–water partition coefficient (Wildman–Crippen LogP) is 4.34. The number of carbonyl (C=O) groups is 1. The fourth-order valence-corrected chi connectivity index (χ4v) is 3.16. The van der Waals surface area contributed by atoms with Gasteiger partial charge in [0.2, 0.25) is 11.7 Å². The summed E-state index contributed by atoms with van der Waals surface area (Å²) in [5.74, 6) is -3.31. The van der Waals surface area contributed by atoms with Crippen LogP contribution in [0.5, 0.6) is 5.75 Å². The molecule has 3 aromatic rings. The summed E-state index contributed by atoms with van der Waals surface area (Å²) in [7, 11) is 0. The van der Waals surface area contributed by atoms with Crippen LogP contribution in [-0.2, 0) is 17.3 Å². The molecular weight excluding hydrogens is 414 g/mol. The number of anilines is 3. The fraction of sp³-hybridized carbons (Fsp3) is 0.316. The molecular formula is C19H20F2N6O2S. The molecule has 3 rings (SSSR count). The van der Waals surface area contributed by atoms with E-state index in [-0.39, 0.29) is 24.1 Å².